The number of anilines is 1. The molecule has 1 aromatic carbocycles. The van der Waals surface area contributed by atoms with Gasteiger partial charge >= 0.3 is 5.97 Å². The number of ether oxygens (including phenoxy) is 1. The largest absolute Gasteiger partial charge is 0.456 e. The average Bonchev–Trinajstić information content (AvgIpc) is 2.08. The van der Waals surface area contributed by atoms with Crippen LogP contribution in [-0.2, 0) is 4.74 Å². The quantitative estimate of drug-likeness (QED) is 0.487. The molecule has 0 heterocycles. The molecule has 2 N–H and O–H groups in total. The summed E-state index contributed by atoms with van der Waals surface area (Å²) in [6.07, 6.45) is 0. The van der Waals surface area contributed by atoms with Gasteiger partial charge in [0, 0.05) is 3.57 Å². The lowest BCUT2D eigenvalue weighted by Crippen LogP contribution is -2.24. The molecule has 0 bridgehead atoms. The second-order valence-corrected chi connectivity index (χ2v) is 5.51. The van der Waals surface area contributed by atoms with Gasteiger partial charge in [0.05, 0.1) is 11.3 Å². The molecule has 5 heteroatoms. The molecule has 1 rings (SSSR count). The summed E-state index contributed by atoms with van der Waals surface area (Å²) in [5, 5.41) is 0. The van der Waals surface area contributed by atoms with Crippen LogP contribution >= 0.6 is 22.6 Å². The van der Waals surface area contributed by atoms with Crippen LogP contribution in [0.4, 0.5) is 10.1 Å². The number of esters is 1. The Labute approximate surface area is 107 Å². The van der Waals surface area contributed by atoms with Gasteiger partial charge in [-0.25, -0.2) is 9.18 Å². The van der Waals surface area contributed by atoms with Crippen LogP contribution < -0.4 is 5.73 Å². The fourth-order valence-corrected chi connectivity index (χ4v) is 1.67. The van der Waals surface area contributed by atoms with Crippen LogP contribution in [0.2, 0.25) is 0 Å². The standard InChI is InChI=1S/C11H13FINO2/c1-11(2,3)16-10(15)7-4-6(12)5-8(13)9(7)14/h4-5H,14H2,1-3H3. The van der Waals surface area contributed by atoms with Crippen LogP contribution in [0.15, 0.2) is 12.1 Å². The second-order valence-electron chi connectivity index (χ2n) is 4.35. The monoisotopic (exact) mass is 337 g/mol. The molecule has 0 fully saturated rings. The molecular formula is C11H13FINO2. The topological polar surface area (TPSA) is 52.3 Å². The van der Waals surface area contributed by atoms with Gasteiger partial charge < -0.3 is 10.5 Å². The molecule has 0 unspecified atom stereocenters. The molecule has 0 radical (unpaired) electrons. The SMILES string of the molecule is CC(C)(C)OC(=O)c1cc(F)cc(I)c1N. The Morgan fingerprint density at radius 1 is 1.44 bits per heavy atom. The first kappa shape index (κ1) is 13.2. The van der Waals surface area contributed by atoms with Crippen molar-refractivity contribution in [2.24, 2.45) is 0 Å². The highest BCUT2D eigenvalue weighted by atomic mass is 127. The molecule has 0 saturated carbocycles. The highest BCUT2D eigenvalue weighted by molar-refractivity contribution is 14.1. The number of carbonyl (C=O) groups excluding carboxylic acids is 1. The van der Waals surface area contributed by atoms with Crippen LogP contribution in [0.25, 0.3) is 0 Å². The molecule has 0 spiro atoms. The summed E-state index contributed by atoms with van der Waals surface area (Å²) in [4.78, 5) is 11.7. The Balaban J connectivity index is 3.09. The molecule has 0 amide bonds. The van der Waals surface area contributed by atoms with E-state index in [1.54, 1.807) is 20.8 Å². The normalized spacial score (nSPS) is 11.3. The first-order chi connectivity index (χ1) is 7.20. The van der Waals surface area contributed by atoms with Crippen molar-refractivity contribution in [1.82, 2.24) is 0 Å². The number of nitrogens with two attached hydrogens (primary N) is 1. The van der Waals surface area contributed by atoms with E-state index in [0.717, 1.165) is 6.07 Å². The summed E-state index contributed by atoms with van der Waals surface area (Å²) in [6, 6.07) is 2.36. The van der Waals surface area contributed by atoms with Gasteiger partial charge in [-0.05, 0) is 55.5 Å². The van der Waals surface area contributed by atoms with E-state index in [4.69, 9.17) is 10.5 Å². The molecule has 3 nitrogen and oxygen atoms in total. The average molecular weight is 337 g/mol. The van der Waals surface area contributed by atoms with Crippen molar-refractivity contribution < 1.29 is 13.9 Å². The smallest absolute Gasteiger partial charge is 0.340 e. The molecule has 0 atom stereocenters. The lowest BCUT2D eigenvalue weighted by atomic mass is 10.1. The van der Waals surface area contributed by atoms with Crippen molar-refractivity contribution in [2.45, 2.75) is 26.4 Å². The van der Waals surface area contributed by atoms with Crippen LogP contribution in [-0.4, -0.2) is 11.6 Å². The number of hydrogen-bond acceptors (Lipinski definition) is 3. The zero-order chi connectivity index (χ0) is 12.5. The fraction of sp³-hybridized carbons (Fsp3) is 0.364. The lowest BCUT2D eigenvalue weighted by Gasteiger charge is -2.20. The minimum Gasteiger partial charge on any atom is -0.456 e. The lowest BCUT2D eigenvalue weighted by molar-refractivity contribution is 0.00702. The number of rotatable bonds is 1. The van der Waals surface area contributed by atoms with Crippen LogP contribution in [0.3, 0.4) is 0 Å². The number of halogens is 2. The second kappa shape index (κ2) is 4.57. The third-order valence-electron chi connectivity index (χ3n) is 1.71. The summed E-state index contributed by atoms with van der Waals surface area (Å²) in [6.45, 7) is 5.22. The highest BCUT2D eigenvalue weighted by Gasteiger charge is 2.21. The van der Waals surface area contributed by atoms with E-state index in [2.05, 4.69) is 0 Å². The Kier molecular flexibility index (Phi) is 3.77. The van der Waals surface area contributed by atoms with Gasteiger partial charge in [0.25, 0.3) is 0 Å². The first-order valence-electron chi connectivity index (χ1n) is 4.68. The predicted octanol–water partition coefficient (Wildman–Crippen LogP) is 2.97. The van der Waals surface area contributed by atoms with Crippen LogP contribution in [0, 0.1) is 9.39 Å². The van der Waals surface area contributed by atoms with Crippen molar-refractivity contribution in [3.8, 4) is 0 Å². The Hall–Kier alpha value is -0.850. The van der Waals surface area contributed by atoms with E-state index >= 15 is 0 Å². The Morgan fingerprint density at radius 3 is 2.50 bits per heavy atom. The van der Waals surface area contributed by atoms with E-state index in [0.29, 0.717) is 3.57 Å². The molecule has 1 aromatic rings. The zero-order valence-corrected chi connectivity index (χ0v) is 11.5. The molecule has 0 aromatic heterocycles. The van der Waals surface area contributed by atoms with Crippen molar-refractivity contribution in [1.29, 1.82) is 0 Å². The number of nitrogen functional groups attached to an aromatic ring is 1. The van der Waals surface area contributed by atoms with Gasteiger partial charge in [-0.3, -0.25) is 0 Å². The maximum atomic E-state index is 13.1. The van der Waals surface area contributed by atoms with Gasteiger partial charge in [-0.2, -0.15) is 0 Å². The maximum Gasteiger partial charge on any atom is 0.340 e. The molecular weight excluding hydrogens is 324 g/mol. The summed E-state index contributed by atoms with van der Waals surface area (Å²) < 4.78 is 18.8. The minimum absolute atomic E-state index is 0.0688. The van der Waals surface area contributed by atoms with Gasteiger partial charge in [0.15, 0.2) is 0 Å². The van der Waals surface area contributed by atoms with Gasteiger partial charge in [-0.1, -0.05) is 0 Å². The molecule has 0 aliphatic rings. The molecule has 88 valence electrons. The maximum absolute atomic E-state index is 13.1. The number of hydrogen-bond donors (Lipinski definition) is 1. The zero-order valence-electron chi connectivity index (χ0n) is 9.30. The third-order valence-corrected chi connectivity index (χ3v) is 2.61. The van der Waals surface area contributed by atoms with Crippen LogP contribution in [0.1, 0.15) is 31.1 Å². The molecule has 0 aliphatic carbocycles. The third kappa shape index (κ3) is 3.33. The van der Waals surface area contributed by atoms with E-state index in [-0.39, 0.29) is 11.3 Å². The minimum atomic E-state index is -0.624. The van der Waals surface area contributed by atoms with Gasteiger partial charge in [-0.15, -0.1) is 0 Å². The van der Waals surface area contributed by atoms with E-state index in [1.807, 2.05) is 22.6 Å². The summed E-state index contributed by atoms with van der Waals surface area (Å²) in [5.74, 6) is -1.11. The van der Waals surface area contributed by atoms with Crippen molar-refractivity contribution >= 4 is 34.2 Å². The summed E-state index contributed by atoms with van der Waals surface area (Å²) >= 11 is 1.87. The predicted molar refractivity (Wildman–Crippen MR) is 68.7 cm³/mol. The summed E-state index contributed by atoms with van der Waals surface area (Å²) in [5.41, 5.74) is 5.39. The number of carbonyl (C=O) groups is 1. The molecule has 16 heavy (non-hydrogen) atoms. The van der Waals surface area contributed by atoms with Crippen molar-refractivity contribution in [3.63, 3.8) is 0 Å². The van der Waals surface area contributed by atoms with Gasteiger partial charge in [0.2, 0.25) is 0 Å². The highest BCUT2D eigenvalue weighted by Crippen LogP contribution is 2.23. The summed E-state index contributed by atoms with van der Waals surface area (Å²) in [7, 11) is 0. The Bertz CT molecular complexity index is 427. The van der Waals surface area contributed by atoms with E-state index in [1.165, 1.54) is 6.07 Å². The number of benzene rings is 1. The first-order valence-corrected chi connectivity index (χ1v) is 5.76. The van der Waals surface area contributed by atoms with Crippen molar-refractivity contribution in [3.05, 3.63) is 27.1 Å². The van der Waals surface area contributed by atoms with Crippen LogP contribution in [0.5, 0.6) is 0 Å². The van der Waals surface area contributed by atoms with Gasteiger partial charge in [0.1, 0.15) is 11.4 Å². The van der Waals surface area contributed by atoms with E-state index in [9.17, 15) is 9.18 Å². The Morgan fingerprint density at radius 2 is 2.00 bits per heavy atom. The van der Waals surface area contributed by atoms with E-state index < -0.39 is 17.4 Å². The van der Waals surface area contributed by atoms with Crippen molar-refractivity contribution in [2.75, 3.05) is 5.73 Å². The molecule has 0 saturated heterocycles. The molecule has 0 aliphatic heterocycles. The fourth-order valence-electron chi connectivity index (χ4n) is 1.09.